The average Bonchev–Trinajstić information content (AvgIpc) is 2.55. The normalized spacial score (nSPS) is 23.8. The Bertz CT molecular complexity index is 174. The van der Waals surface area contributed by atoms with Crippen LogP contribution in [0.4, 0.5) is 0 Å². The van der Waals surface area contributed by atoms with E-state index < -0.39 is 0 Å². The molecule has 0 saturated carbocycles. The van der Waals surface area contributed by atoms with Gasteiger partial charge in [-0.25, -0.2) is 0 Å². The fraction of sp³-hybridized carbons (Fsp3) is 0.900. The van der Waals surface area contributed by atoms with Crippen molar-refractivity contribution in [2.24, 2.45) is 5.41 Å². The van der Waals surface area contributed by atoms with Crippen LogP contribution < -0.4 is 0 Å². The van der Waals surface area contributed by atoms with Gasteiger partial charge in [-0.15, -0.1) is 0 Å². The largest absolute Gasteiger partial charge is 0.380 e. The number of carbonyl (C=O) groups excluding carboxylic acids is 1. The summed E-state index contributed by atoms with van der Waals surface area (Å²) in [6.45, 7) is 6.41. The summed E-state index contributed by atoms with van der Waals surface area (Å²) in [6, 6.07) is 0.499. The first kappa shape index (κ1) is 10.7. The molecule has 0 N–H and O–H groups in total. The summed E-state index contributed by atoms with van der Waals surface area (Å²) in [6.07, 6.45) is 2.12. The lowest BCUT2D eigenvalue weighted by Crippen LogP contribution is -2.39. The van der Waals surface area contributed by atoms with Crippen LogP contribution in [-0.2, 0) is 9.53 Å². The van der Waals surface area contributed by atoms with Crippen molar-refractivity contribution in [2.45, 2.75) is 26.3 Å². The summed E-state index contributed by atoms with van der Waals surface area (Å²) in [5.41, 5.74) is -0.239. The van der Waals surface area contributed by atoms with Crippen LogP contribution in [0.25, 0.3) is 0 Å². The van der Waals surface area contributed by atoms with Crippen molar-refractivity contribution in [2.75, 3.05) is 26.8 Å². The van der Waals surface area contributed by atoms with Crippen LogP contribution in [0.15, 0.2) is 0 Å². The lowest BCUT2D eigenvalue weighted by atomic mass is 9.94. The molecule has 1 unspecified atom stereocenters. The van der Waals surface area contributed by atoms with E-state index in [0.717, 1.165) is 32.5 Å². The van der Waals surface area contributed by atoms with Crippen LogP contribution in [0.2, 0.25) is 0 Å². The van der Waals surface area contributed by atoms with Crippen molar-refractivity contribution in [3.63, 3.8) is 0 Å². The van der Waals surface area contributed by atoms with Gasteiger partial charge in [-0.3, -0.25) is 0 Å². The maximum absolute atomic E-state index is 10.7. The fourth-order valence-corrected chi connectivity index (χ4v) is 1.68. The molecule has 1 fully saturated rings. The SMILES string of the molecule is CN(CC(C)(C)C=O)C1CCOC1. The van der Waals surface area contributed by atoms with Crippen LogP contribution in [0.5, 0.6) is 0 Å². The number of rotatable bonds is 4. The van der Waals surface area contributed by atoms with E-state index in [1.807, 2.05) is 13.8 Å². The Labute approximate surface area is 80.1 Å². The van der Waals surface area contributed by atoms with Crippen molar-refractivity contribution in [1.29, 1.82) is 0 Å². The average molecular weight is 185 g/mol. The molecular formula is C10H19NO2. The lowest BCUT2D eigenvalue weighted by Gasteiger charge is -2.29. The number of likely N-dealkylation sites (N-methyl/N-ethyl adjacent to an activating group) is 1. The molecule has 1 atom stereocenters. The van der Waals surface area contributed by atoms with Gasteiger partial charge in [0, 0.05) is 24.6 Å². The highest BCUT2D eigenvalue weighted by atomic mass is 16.5. The van der Waals surface area contributed by atoms with Gasteiger partial charge in [-0.2, -0.15) is 0 Å². The topological polar surface area (TPSA) is 29.5 Å². The number of hydrogen-bond donors (Lipinski definition) is 0. The Balaban J connectivity index is 2.39. The third kappa shape index (κ3) is 3.08. The van der Waals surface area contributed by atoms with E-state index in [0.29, 0.717) is 6.04 Å². The predicted octanol–water partition coefficient (Wildman–Crippen LogP) is 0.932. The van der Waals surface area contributed by atoms with Crippen molar-refractivity contribution >= 4 is 6.29 Å². The van der Waals surface area contributed by atoms with E-state index in [1.54, 1.807) is 0 Å². The summed E-state index contributed by atoms with van der Waals surface area (Å²) in [5.74, 6) is 0. The number of nitrogens with zero attached hydrogens (tertiary/aromatic N) is 1. The molecule has 0 amide bonds. The predicted molar refractivity (Wildman–Crippen MR) is 51.7 cm³/mol. The van der Waals surface area contributed by atoms with Crippen molar-refractivity contribution in [3.05, 3.63) is 0 Å². The number of ether oxygens (including phenoxy) is 1. The van der Waals surface area contributed by atoms with Gasteiger partial charge in [0.25, 0.3) is 0 Å². The quantitative estimate of drug-likeness (QED) is 0.610. The Morgan fingerprint density at radius 3 is 2.77 bits per heavy atom. The Kier molecular flexibility index (Phi) is 3.45. The van der Waals surface area contributed by atoms with E-state index in [-0.39, 0.29) is 5.41 Å². The Morgan fingerprint density at radius 2 is 2.31 bits per heavy atom. The lowest BCUT2D eigenvalue weighted by molar-refractivity contribution is -0.115. The molecule has 13 heavy (non-hydrogen) atoms. The molecule has 1 aliphatic rings. The van der Waals surface area contributed by atoms with E-state index in [4.69, 9.17) is 4.74 Å². The van der Waals surface area contributed by atoms with Gasteiger partial charge in [0.1, 0.15) is 6.29 Å². The molecule has 1 aliphatic heterocycles. The standard InChI is InChI=1S/C10H19NO2/c1-10(2,8-12)7-11(3)9-4-5-13-6-9/h8-9H,4-7H2,1-3H3. The number of hydrogen-bond acceptors (Lipinski definition) is 3. The van der Waals surface area contributed by atoms with E-state index in [2.05, 4.69) is 11.9 Å². The molecule has 0 aromatic carbocycles. The van der Waals surface area contributed by atoms with Gasteiger partial charge < -0.3 is 14.4 Å². The molecule has 3 nitrogen and oxygen atoms in total. The maximum atomic E-state index is 10.7. The first-order chi connectivity index (χ1) is 6.05. The molecule has 0 bridgehead atoms. The summed E-state index contributed by atoms with van der Waals surface area (Å²) in [5, 5.41) is 0. The van der Waals surface area contributed by atoms with Crippen LogP contribution in [-0.4, -0.2) is 44.0 Å². The maximum Gasteiger partial charge on any atom is 0.126 e. The fourth-order valence-electron chi connectivity index (χ4n) is 1.68. The second-order valence-electron chi connectivity index (χ2n) is 4.54. The minimum Gasteiger partial charge on any atom is -0.380 e. The Hall–Kier alpha value is -0.410. The van der Waals surface area contributed by atoms with Crippen molar-refractivity contribution in [3.8, 4) is 0 Å². The van der Waals surface area contributed by atoms with Gasteiger partial charge in [-0.05, 0) is 13.5 Å². The minimum absolute atomic E-state index is 0.239. The van der Waals surface area contributed by atoms with Gasteiger partial charge in [0.15, 0.2) is 0 Å². The smallest absolute Gasteiger partial charge is 0.126 e. The molecule has 1 heterocycles. The van der Waals surface area contributed by atoms with Gasteiger partial charge in [0.2, 0.25) is 0 Å². The molecule has 76 valence electrons. The van der Waals surface area contributed by atoms with Crippen molar-refractivity contribution < 1.29 is 9.53 Å². The molecule has 3 heteroatoms. The van der Waals surface area contributed by atoms with Crippen LogP contribution in [0.3, 0.4) is 0 Å². The van der Waals surface area contributed by atoms with Gasteiger partial charge >= 0.3 is 0 Å². The summed E-state index contributed by atoms with van der Waals surface area (Å²) in [4.78, 5) is 12.9. The summed E-state index contributed by atoms with van der Waals surface area (Å²) < 4.78 is 5.30. The monoisotopic (exact) mass is 185 g/mol. The van der Waals surface area contributed by atoms with Crippen LogP contribution in [0.1, 0.15) is 20.3 Å². The van der Waals surface area contributed by atoms with E-state index in [9.17, 15) is 4.79 Å². The first-order valence-electron chi connectivity index (χ1n) is 4.79. The third-order valence-electron chi connectivity index (χ3n) is 2.50. The zero-order valence-corrected chi connectivity index (χ0v) is 8.75. The summed E-state index contributed by atoms with van der Waals surface area (Å²) >= 11 is 0. The molecule has 0 aromatic heterocycles. The summed E-state index contributed by atoms with van der Waals surface area (Å²) in [7, 11) is 2.06. The van der Waals surface area contributed by atoms with Crippen LogP contribution >= 0.6 is 0 Å². The van der Waals surface area contributed by atoms with E-state index in [1.165, 1.54) is 0 Å². The highest BCUT2D eigenvalue weighted by Crippen LogP contribution is 2.17. The first-order valence-corrected chi connectivity index (χ1v) is 4.79. The number of carbonyl (C=O) groups is 1. The highest BCUT2D eigenvalue weighted by Gasteiger charge is 2.26. The zero-order chi connectivity index (χ0) is 9.90. The molecular weight excluding hydrogens is 166 g/mol. The van der Waals surface area contributed by atoms with E-state index >= 15 is 0 Å². The number of aldehydes is 1. The molecule has 0 aliphatic carbocycles. The molecule has 1 rings (SSSR count). The Morgan fingerprint density at radius 1 is 1.62 bits per heavy atom. The van der Waals surface area contributed by atoms with Gasteiger partial charge in [-0.1, -0.05) is 13.8 Å². The molecule has 0 spiro atoms. The molecule has 0 aromatic rings. The molecule has 1 saturated heterocycles. The zero-order valence-electron chi connectivity index (χ0n) is 8.75. The third-order valence-corrected chi connectivity index (χ3v) is 2.50. The van der Waals surface area contributed by atoms with Gasteiger partial charge in [0.05, 0.1) is 6.61 Å². The second kappa shape index (κ2) is 4.20. The highest BCUT2D eigenvalue weighted by molar-refractivity contribution is 5.58. The minimum atomic E-state index is -0.239. The van der Waals surface area contributed by atoms with Crippen molar-refractivity contribution in [1.82, 2.24) is 4.90 Å². The van der Waals surface area contributed by atoms with Crippen LogP contribution in [0, 0.1) is 5.41 Å². The molecule has 0 radical (unpaired) electrons. The second-order valence-corrected chi connectivity index (χ2v) is 4.54.